The first kappa shape index (κ1) is 12.8. The summed E-state index contributed by atoms with van der Waals surface area (Å²) in [5, 5.41) is 5.52. The summed E-state index contributed by atoms with van der Waals surface area (Å²) >= 11 is 0. The zero-order chi connectivity index (χ0) is 12.5. The predicted octanol–water partition coefficient (Wildman–Crippen LogP) is 0.310. The molecule has 2 amide bonds. The first-order valence-corrected chi connectivity index (χ1v) is 5.16. The average Bonchev–Trinajstić information content (AvgIpc) is 2.33. The summed E-state index contributed by atoms with van der Waals surface area (Å²) < 4.78 is 4.46. The van der Waals surface area contributed by atoms with Crippen LogP contribution in [-0.4, -0.2) is 31.7 Å². The predicted molar refractivity (Wildman–Crippen MR) is 63.5 cm³/mol. The summed E-state index contributed by atoms with van der Waals surface area (Å²) in [4.78, 5) is 21.5. The quantitative estimate of drug-likeness (QED) is 0.621. The minimum Gasteiger partial charge on any atom is -0.448 e. The van der Waals surface area contributed by atoms with E-state index in [0.29, 0.717) is 0 Å². The van der Waals surface area contributed by atoms with Gasteiger partial charge in [0.1, 0.15) is 6.61 Å². The van der Waals surface area contributed by atoms with Crippen LogP contribution in [0.4, 0.5) is 10.5 Å². The third-order valence-corrected chi connectivity index (χ3v) is 1.90. The first-order chi connectivity index (χ1) is 8.18. The van der Waals surface area contributed by atoms with Crippen molar-refractivity contribution in [1.29, 1.82) is 0 Å². The van der Waals surface area contributed by atoms with Gasteiger partial charge < -0.3 is 21.1 Å². The van der Waals surface area contributed by atoms with Gasteiger partial charge in [-0.05, 0) is 12.1 Å². The number of carbonyl (C=O) groups is 2. The fourth-order valence-electron chi connectivity index (χ4n) is 1.14. The van der Waals surface area contributed by atoms with Crippen LogP contribution in [-0.2, 0) is 9.53 Å². The summed E-state index contributed by atoms with van der Waals surface area (Å²) in [6.07, 6.45) is -0.846. The van der Waals surface area contributed by atoms with E-state index in [2.05, 4.69) is 15.4 Å². The highest BCUT2D eigenvalue weighted by Gasteiger charge is 2.00. The molecule has 0 aromatic heterocycles. The Bertz CT molecular complexity index is 367. The number of hydrogen-bond donors (Lipinski definition) is 3. The van der Waals surface area contributed by atoms with E-state index in [9.17, 15) is 9.59 Å². The van der Waals surface area contributed by atoms with Gasteiger partial charge in [0.05, 0.1) is 13.1 Å². The number of para-hydroxylation sites is 1. The van der Waals surface area contributed by atoms with Crippen LogP contribution < -0.4 is 16.4 Å². The number of primary amides is 1. The molecule has 0 saturated carbocycles. The smallest absolute Gasteiger partial charge is 0.404 e. The topological polar surface area (TPSA) is 93.5 Å². The number of anilines is 1. The lowest BCUT2D eigenvalue weighted by Crippen LogP contribution is -2.33. The van der Waals surface area contributed by atoms with Crippen molar-refractivity contribution in [2.45, 2.75) is 0 Å². The number of carbonyl (C=O) groups excluding carboxylic acids is 2. The van der Waals surface area contributed by atoms with Gasteiger partial charge >= 0.3 is 6.09 Å². The van der Waals surface area contributed by atoms with Crippen molar-refractivity contribution >= 4 is 17.7 Å². The van der Waals surface area contributed by atoms with E-state index in [-0.39, 0.29) is 25.6 Å². The molecule has 0 saturated heterocycles. The zero-order valence-electron chi connectivity index (χ0n) is 9.31. The normalized spacial score (nSPS) is 9.41. The van der Waals surface area contributed by atoms with Gasteiger partial charge in [0.2, 0.25) is 5.91 Å². The Morgan fingerprint density at radius 1 is 1.24 bits per heavy atom. The number of benzene rings is 1. The molecule has 0 aliphatic heterocycles. The second-order valence-corrected chi connectivity index (χ2v) is 3.24. The molecule has 0 aliphatic rings. The molecule has 4 N–H and O–H groups in total. The zero-order valence-corrected chi connectivity index (χ0v) is 9.31. The molecular formula is C11H15N3O3. The minimum absolute atomic E-state index is 0.0758. The molecule has 0 spiro atoms. The Balaban J connectivity index is 2.11. The second kappa shape index (κ2) is 7.10. The summed E-state index contributed by atoms with van der Waals surface area (Å²) in [7, 11) is 0. The van der Waals surface area contributed by atoms with Crippen molar-refractivity contribution in [3.63, 3.8) is 0 Å². The monoisotopic (exact) mass is 237 g/mol. The summed E-state index contributed by atoms with van der Waals surface area (Å²) in [6, 6.07) is 9.38. The largest absolute Gasteiger partial charge is 0.448 e. The van der Waals surface area contributed by atoms with Gasteiger partial charge in [-0.1, -0.05) is 18.2 Å². The van der Waals surface area contributed by atoms with Crippen LogP contribution in [0.2, 0.25) is 0 Å². The van der Waals surface area contributed by atoms with E-state index in [1.54, 1.807) is 0 Å². The molecule has 6 heteroatoms. The maximum atomic E-state index is 11.3. The van der Waals surface area contributed by atoms with Crippen LogP contribution in [0.25, 0.3) is 0 Å². The fraction of sp³-hybridized carbons (Fsp3) is 0.273. The fourth-order valence-corrected chi connectivity index (χ4v) is 1.14. The number of hydrogen-bond acceptors (Lipinski definition) is 4. The van der Waals surface area contributed by atoms with Crippen molar-refractivity contribution in [2.24, 2.45) is 5.73 Å². The molecule has 0 heterocycles. The lowest BCUT2D eigenvalue weighted by molar-refractivity contribution is -0.119. The van der Waals surface area contributed by atoms with Crippen LogP contribution in [0, 0.1) is 0 Å². The van der Waals surface area contributed by atoms with E-state index >= 15 is 0 Å². The highest BCUT2D eigenvalue weighted by atomic mass is 16.5. The van der Waals surface area contributed by atoms with E-state index in [1.807, 2.05) is 30.3 Å². The standard InChI is InChI=1S/C11H15N3O3/c12-11(16)17-7-6-13-10(15)8-14-9-4-2-1-3-5-9/h1-5,14H,6-8H2,(H2,12,16)(H,13,15). The average molecular weight is 237 g/mol. The number of ether oxygens (including phenoxy) is 1. The van der Waals surface area contributed by atoms with Gasteiger partial charge in [-0.3, -0.25) is 4.79 Å². The second-order valence-electron chi connectivity index (χ2n) is 3.24. The van der Waals surface area contributed by atoms with E-state index in [1.165, 1.54) is 0 Å². The Hall–Kier alpha value is -2.24. The summed E-state index contributed by atoms with van der Waals surface area (Å²) in [6.45, 7) is 0.491. The van der Waals surface area contributed by atoms with Crippen LogP contribution in [0.5, 0.6) is 0 Å². The SMILES string of the molecule is NC(=O)OCCNC(=O)CNc1ccccc1. The minimum atomic E-state index is -0.846. The third kappa shape index (κ3) is 6.03. The lowest BCUT2D eigenvalue weighted by Gasteiger charge is -2.07. The van der Waals surface area contributed by atoms with Crippen LogP contribution >= 0.6 is 0 Å². The van der Waals surface area contributed by atoms with Gasteiger partial charge in [-0.15, -0.1) is 0 Å². The van der Waals surface area contributed by atoms with Gasteiger partial charge in [-0.25, -0.2) is 4.79 Å². The lowest BCUT2D eigenvalue weighted by atomic mass is 10.3. The van der Waals surface area contributed by atoms with Crippen molar-refractivity contribution < 1.29 is 14.3 Å². The maximum absolute atomic E-state index is 11.3. The molecule has 0 aliphatic carbocycles. The summed E-state index contributed by atoms with van der Waals surface area (Å²) in [5.74, 6) is -0.179. The molecule has 0 unspecified atom stereocenters. The van der Waals surface area contributed by atoms with Crippen LogP contribution in [0.1, 0.15) is 0 Å². The summed E-state index contributed by atoms with van der Waals surface area (Å²) in [5.41, 5.74) is 5.63. The number of nitrogens with one attached hydrogen (secondary N) is 2. The third-order valence-electron chi connectivity index (χ3n) is 1.90. The molecule has 1 aromatic rings. The van der Waals surface area contributed by atoms with Crippen molar-refractivity contribution in [2.75, 3.05) is 25.0 Å². The number of nitrogens with two attached hydrogens (primary N) is 1. The Labute approximate surface area is 99.1 Å². The van der Waals surface area contributed by atoms with Crippen LogP contribution in [0.15, 0.2) is 30.3 Å². The van der Waals surface area contributed by atoms with Gasteiger partial charge in [-0.2, -0.15) is 0 Å². The highest BCUT2D eigenvalue weighted by Crippen LogP contribution is 2.03. The Morgan fingerprint density at radius 2 is 1.94 bits per heavy atom. The molecule has 0 fully saturated rings. The van der Waals surface area contributed by atoms with Crippen molar-refractivity contribution in [1.82, 2.24) is 5.32 Å². The molecule has 0 bridgehead atoms. The molecule has 1 rings (SSSR count). The molecule has 6 nitrogen and oxygen atoms in total. The van der Waals surface area contributed by atoms with Crippen molar-refractivity contribution in [3.05, 3.63) is 30.3 Å². The number of amides is 2. The molecule has 17 heavy (non-hydrogen) atoms. The maximum Gasteiger partial charge on any atom is 0.404 e. The number of rotatable bonds is 6. The van der Waals surface area contributed by atoms with Gasteiger partial charge in [0.15, 0.2) is 0 Å². The van der Waals surface area contributed by atoms with E-state index < -0.39 is 6.09 Å². The Morgan fingerprint density at radius 3 is 2.59 bits per heavy atom. The van der Waals surface area contributed by atoms with E-state index in [4.69, 9.17) is 5.73 Å². The van der Waals surface area contributed by atoms with E-state index in [0.717, 1.165) is 5.69 Å². The van der Waals surface area contributed by atoms with Crippen LogP contribution in [0.3, 0.4) is 0 Å². The first-order valence-electron chi connectivity index (χ1n) is 5.16. The Kier molecular flexibility index (Phi) is 5.36. The molecular weight excluding hydrogens is 222 g/mol. The highest BCUT2D eigenvalue weighted by molar-refractivity contribution is 5.80. The van der Waals surface area contributed by atoms with Gasteiger partial charge in [0, 0.05) is 5.69 Å². The molecule has 0 atom stereocenters. The van der Waals surface area contributed by atoms with Gasteiger partial charge in [0.25, 0.3) is 0 Å². The molecule has 92 valence electrons. The molecule has 0 radical (unpaired) electrons. The molecule has 1 aromatic carbocycles. The van der Waals surface area contributed by atoms with Crippen molar-refractivity contribution in [3.8, 4) is 0 Å².